The van der Waals surface area contributed by atoms with Crippen molar-refractivity contribution in [3.63, 3.8) is 0 Å². The van der Waals surface area contributed by atoms with Gasteiger partial charge in [0.2, 0.25) is 0 Å². The fraction of sp³-hybridized carbons (Fsp3) is 0.455. The highest BCUT2D eigenvalue weighted by Gasteiger charge is 2.34. The molecule has 4 N–H and O–H groups in total. The second-order valence-corrected chi connectivity index (χ2v) is 3.71. The van der Waals surface area contributed by atoms with Crippen LogP contribution in [0.1, 0.15) is 18.1 Å². The molecule has 0 atom stereocenters. The standard InChI is InChI=1S/C11H14F3N3O3/c1-2-19-8(18)3-6-5-17-10(16)7(4-15)9(6)20-11(12,13)14/h5H,2-4,15H2,1H3,(H2,16,17). The van der Waals surface area contributed by atoms with E-state index in [9.17, 15) is 18.0 Å². The number of pyridine rings is 1. The number of rotatable bonds is 5. The monoisotopic (exact) mass is 293 g/mol. The van der Waals surface area contributed by atoms with Crippen molar-refractivity contribution < 1.29 is 27.4 Å². The first-order chi connectivity index (χ1) is 9.28. The van der Waals surface area contributed by atoms with Crippen molar-refractivity contribution in [1.29, 1.82) is 0 Å². The molecule has 1 aromatic rings. The summed E-state index contributed by atoms with van der Waals surface area (Å²) >= 11 is 0. The van der Waals surface area contributed by atoms with Crippen molar-refractivity contribution in [2.45, 2.75) is 26.3 Å². The minimum Gasteiger partial charge on any atom is -0.466 e. The summed E-state index contributed by atoms with van der Waals surface area (Å²) in [6.07, 6.45) is -4.31. The first kappa shape index (κ1) is 16.0. The molecule has 0 aliphatic rings. The maximum atomic E-state index is 12.4. The summed E-state index contributed by atoms with van der Waals surface area (Å²) in [7, 11) is 0. The van der Waals surface area contributed by atoms with Gasteiger partial charge in [0.15, 0.2) is 0 Å². The summed E-state index contributed by atoms with van der Waals surface area (Å²) in [5, 5.41) is 0. The molecule has 1 aromatic heterocycles. The molecule has 112 valence electrons. The van der Waals surface area contributed by atoms with E-state index in [1.54, 1.807) is 6.92 Å². The van der Waals surface area contributed by atoms with Crippen molar-refractivity contribution >= 4 is 11.8 Å². The molecule has 20 heavy (non-hydrogen) atoms. The smallest absolute Gasteiger partial charge is 0.466 e. The van der Waals surface area contributed by atoms with Gasteiger partial charge in [0.1, 0.15) is 11.6 Å². The highest BCUT2D eigenvalue weighted by atomic mass is 19.4. The Morgan fingerprint density at radius 2 is 2.10 bits per heavy atom. The van der Waals surface area contributed by atoms with Gasteiger partial charge in [-0.1, -0.05) is 0 Å². The SMILES string of the molecule is CCOC(=O)Cc1cnc(N)c(CN)c1OC(F)(F)F. The first-order valence-electron chi connectivity index (χ1n) is 5.66. The molecule has 0 saturated heterocycles. The van der Waals surface area contributed by atoms with E-state index in [-0.39, 0.29) is 30.1 Å². The number of hydrogen-bond donors (Lipinski definition) is 2. The van der Waals surface area contributed by atoms with Gasteiger partial charge in [-0.2, -0.15) is 0 Å². The Bertz CT molecular complexity index is 492. The van der Waals surface area contributed by atoms with Crippen molar-refractivity contribution in [3.8, 4) is 5.75 Å². The van der Waals surface area contributed by atoms with Gasteiger partial charge in [0.25, 0.3) is 0 Å². The lowest BCUT2D eigenvalue weighted by Gasteiger charge is -2.17. The average molecular weight is 293 g/mol. The Morgan fingerprint density at radius 1 is 1.45 bits per heavy atom. The van der Waals surface area contributed by atoms with E-state index >= 15 is 0 Å². The zero-order valence-electron chi connectivity index (χ0n) is 10.7. The number of nitrogen functional groups attached to an aromatic ring is 1. The van der Waals surface area contributed by atoms with Crippen LogP contribution in [0, 0.1) is 0 Å². The van der Waals surface area contributed by atoms with Crippen molar-refractivity contribution in [2.24, 2.45) is 5.73 Å². The maximum Gasteiger partial charge on any atom is 0.573 e. The first-order valence-corrected chi connectivity index (χ1v) is 5.66. The molecule has 0 spiro atoms. The van der Waals surface area contributed by atoms with Gasteiger partial charge in [-0.3, -0.25) is 4.79 Å². The van der Waals surface area contributed by atoms with Crippen LogP contribution >= 0.6 is 0 Å². The molecule has 0 bridgehead atoms. The average Bonchev–Trinajstić information content (AvgIpc) is 2.31. The quantitative estimate of drug-likeness (QED) is 0.789. The van der Waals surface area contributed by atoms with E-state index in [0.29, 0.717) is 0 Å². The molecule has 9 heteroatoms. The lowest BCUT2D eigenvalue weighted by atomic mass is 10.1. The van der Waals surface area contributed by atoms with Crippen LogP contribution in [0.4, 0.5) is 19.0 Å². The molecular formula is C11H14F3N3O3. The van der Waals surface area contributed by atoms with E-state index < -0.39 is 24.5 Å². The number of carbonyl (C=O) groups is 1. The fourth-order valence-corrected chi connectivity index (χ4v) is 1.53. The number of ether oxygens (including phenoxy) is 2. The number of anilines is 1. The van der Waals surface area contributed by atoms with Crippen LogP contribution < -0.4 is 16.2 Å². The predicted octanol–water partition coefficient (Wildman–Crippen LogP) is 1.13. The van der Waals surface area contributed by atoms with Crippen molar-refractivity contribution in [2.75, 3.05) is 12.3 Å². The van der Waals surface area contributed by atoms with Gasteiger partial charge in [0.05, 0.1) is 18.6 Å². The van der Waals surface area contributed by atoms with Crippen LogP contribution in [0.3, 0.4) is 0 Å². The fourth-order valence-electron chi connectivity index (χ4n) is 1.53. The van der Waals surface area contributed by atoms with Crippen LogP contribution in [0.5, 0.6) is 5.75 Å². The van der Waals surface area contributed by atoms with E-state index in [0.717, 1.165) is 6.20 Å². The third kappa shape index (κ3) is 4.26. The van der Waals surface area contributed by atoms with Crippen LogP contribution in [0.15, 0.2) is 6.20 Å². The van der Waals surface area contributed by atoms with Crippen LogP contribution in [0.2, 0.25) is 0 Å². The second-order valence-electron chi connectivity index (χ2n) is 3.71. The summed E-state index contributed by atoms with van der Waals surface area (Å²) in [6, 6.07) is 0. The number of alkyl halides is 3. The van der Waals surface area contributed by atoms with Gasteiger partial charge in [-0.05, 0) is 6.92 Å². The maximum absolute atomic E-state index is 12.4. The molecule has 0 amide bonds. The summed E-state index contributed by atoms with van der Waals surface area (Å²) in [6.45, 7) is 1.39. The number of halogens is 3. The van der Waals surface area contributed by atoms with Gasteiger partial charge < -0.3 is 20.9 Å². The minimum atomic E-state index is -4.93. The van der Waals surface area contributed by atoms with Gasteiger partial charge in [-0.25, -0.2) is 4.98 Å². The van der Waals surface area contributed by atoms with Crippen LogP contribution in [0.25, 0.3) is 0 Å². The number of carbonyl (C=O) groups excluding carboxylic acids is 1. The Morgan fingerprint density at radius 3 is 2.60 bits per heavy atom. The van der Waals surface area contributed by atoms with Crippen LogP contribution in [-0.2, 0) is 22.5 Å². The largest absolute Gasteiger partial charge is 0.573 e. The molecule has 1 rings (SSSR count). The summed E-state index contributed by atoms with van der Waals surface area (Å²) < 4.78 is 45.8. The zero-order valence-corrected chi connectivity index (χ0v) is 10.7. The van der Waals surface area contributed by atoms with Crippen molar-refractivity contribution in [1.82, 2.24) is 4.98 Å². The molecular weight excluding hydrogens is 279 g/mol. The number of aromatic nitrogens is 1. The van der Waals surface area contributed by atoms with E-state index in [4.69, 9.17) is 11.5 Å². The number of nitrogens with two attached hydrogens (primary N) is 2. The molecule has 0 unspecified atom stereocenters. The molecule has 0 fully saturated rings. The Hall–Kier alpha value is -2.03. The minimum absolute atomic E-state index is 0.0876. The molecule has 6 nitrogen and oxygen atoms in total. The third-order valence-corrected chi connectivity index (χ3v) is 2.30. The van der Waals surface area contributed by atoms with Gasteiger partial charge >= 0.3 is 12.3 Å². The zero-order chi connectivity index (χ0) is 15.3. The molecule has 1 heterocycles. The Kier molecular flexibility index (Phi) is 5.14. The van der Waals surface area contributed by atoms with Gasteiger partial charge in [-0.15, -0.1) is 13.2 Å². The highest BCUT2D eigenvalue weighted by molar-refractivity contribution is 5.74. The second kappa shape index (κ2) is 6.42. The lowest BCUT2D eigenvalue weighted by molar-refractivity contribution is -0.275. The molecule has 0 aliphatic carbocycles. The highest BCUT2D eigenvalue weighted by Crippen LogP contribution is 2.32. The van der Waals surface area contributed by atoms with Gasteiger partial charge in [0, 0.05) is 18.3 Å². The van der Waals surface area contributed by atoms with E-state index in [2.05, 4.69) is 14.5 Å². The summed E-state index contributed by atoms with van der Waals surface area (Å²) in [4.78, 5) is 15.1. The summed E-state index contributed by atoms with van der Waals surface area (Å²) in [5.41, 5.74) is 10.6. The topological polar surface area (TPSA) is 100 Å². The number of esters is 1. The predicted molar refractivity (Wildman–Crippen MR) is 63.6 cm³/mol. The normalized spacial score (nSPS) is 11.2. The lowest BCUT2D eigenvalue weighted by Crippen LogP contribution is -2.22. The molecule has 0 saturated carbocycles. The molecule has 0 aromatic carbocycles. The van der Waals surface area contributed by atoms with E-state index in [1.807, 2.05) is 0 Å². The van der Waals surface area contributed by atoms with E-state index in [1.165, 1.54) is 0 Å². The number of nitrogens with zero attached hydrogens (tertiary/aromatic N) is 1. The summed E-state index contributed by atoms with van der Waals surface area (Å²) in [5.74, 6) is -1.48. The molecule has 0 radical (unpaired) electrons. The van der Waals surface area contributed by atoms with Crippen molar-refractivity contribution in [3.05, 3.63) is 17.3 Å². The number of hydrogen-bond acceptors (Lipinski definition) is 6. The Labute approximate surface area is 112 Å². The Balaban J connectivity index is 3.18. The third-order valence-electron chi connectivity index (χ3n) is 2.30. The van der Waals surface area contributed by atoms with Crippen LogP contribution in [-0.4, -0.2) is 23.9 Å². The molecule has 0 aliphatic heterocycles.